The lowest BCUT2D eigenvalue weighted by molar-refractivity contribution is -0.120. The highest BCUT2D eigenvalue weighted by molar-refractivity contribution is 5.94. The molecule has 0 aliphatic carbocycles. The lowest BCUT2D eigenvalue weighted by Gasteiger charge is -2.16. The van der Waals surface area contributed by atoms with Crippen LogP contribution in [0, 0.1) is 12.8 Å². The molecule has 7 heteroatoms. The van der Waals surface area contributed by atoms with E-state index >= 15 is 0 Å². The second kappa shape index (κ2) is 9.35. The zero-order chi connectivity index (χ0) is 21.7. The van der Waals surface area contributed by atoms with Crippen LogP contribution in [0.2, 0.25) is 0 Å². The van der Waals surface area contributed by atoms with E-state index in [0.717, 1.165) is 16.8 Å². The van der Waals surface area contributed by atoms with Gasteiger partial charge in [0.05, 0.1) is 5.69 Å². The third-order valence-corrected chi connectivity index (χ3v) is 4.72. The maximum atomic E-state index is 12.8. The average molecular weight is 406 g/mol. The van der Waals surface area contributed by atoms with E-state index in [2.05, 4.69) is 15.4 Å². The van der Waals surface area contributed by atoms with Gasteiger partial charge in [-0.05, 0) is 37.0 Å². The van der Waals surface area contributed by atoms with Gasteiger partial charge in [-0.25, -0.2) is 9.67 Å². The van der Waals surface area contributed by atoms with E-state index in [1.807, 2.05) is 75.4 Å². The molecule has 0 aliphatic rings. The van der Waals surface area contributed by atoms with Crippen molar-refractivity contribution in [1.82, 2.24) is 20.1 Å². The third kappa shape index (κ3) is 5.31. The van der Waals surface area contributed by atoms with Crippen molar-refractivity contribution in [1.29, 1.82) is 0 Å². The van der Waals surface area contributed by atoms with Crippen LogP contribution in [0.3, 0.4) is 0 Å². The summed E-state index contributed by atoms with van der Waals surface area (Å²) in [6.45, 7) is 5.93. The number of hydrogen-bond donors (Lipinski definition) is 2. The summed E-state index contributed by atoms with van der Waals surface area (Å²) >= 11 is 0. The molecule has 0 saturated carbocycles. The minimum atomic E-state index is -0.763. The lowest BCUT2D eigenvalue weighted by atomic mass is 10.0. The molecule has 3 rings (SSSR count). The lowest BCUT2D eigenvalue weighted by Crippen LogP contribution is -2.45. The maximum Gasteiger partial charge on any atom is 0.291 e. The number of amides is 2. The molecule has 0 saturated heterocycles. The monoisotopic (exact) mass is 405 g/mol. The number of nitrogens with zero attached hydrogens (tertiary/aromatic N) is 3. The Hall–Kier alpha value is -3.48. The zero-order valence-corrected chi connectivity index (χ0v) is 17.5. The van der Waals surface area contributed by atoms with E-state index in [-0.39, 0.29) is 11.7 Å². The van der Waals surface area contributed by atoms with Gasteiger partial charge in [0.15, 0.2) is 0 Å². The van der Waals surface area contributed by atoms with E-state index in [0.29, 0.717) is 18.7 Å². The Balaban J connectivity index is 1.93. The van der Waals surface area contributed by atoms with Gasteiger partial charge in [-0.3, -0.25) is 9.59 Å². The molecule has 3 N–H and O–H groups in total. The highest BCUT2D eigenvalue weighted by Gasteiger charge is 2.24. The highest BCUT2D eigenvalue weighted by atomic mass is 16.2. The summed E-state index contributed by atoms with van der Waals surface area (Å²) in [5.41, 5.74) is 8.45. The summed E-state index contributed by atoms with van der Waals surface area (Å²) in [6.07, 6.45) is 0.969. The van der Waals surface area contributed by atoms with Crippen molar-refractivity contribution < 1.29 is 9.59 Å². The molecule has 2 amide bonds. The summed E-state index contributed by atoms with van der Waals surface area (Å²) in [6, 6.07) is 16.9. The van der Waals surface area contributed by atoms with Crippen molar-refractivity contribution in [3.63, 3.8) is 0 Å². The Morgan fingerprint density at radius 1 is 1.07 bits per heavy atom. The van der Waals surface area contributed by atoms with E-state index in [9.17, 15) is 9.59 Å². The number of primary amides is 1. The third-order valence-electron chi connectivity index (χ3n) is 4.72. The molecule has 1 heterocycles. The van der Waals surface area contributed by atoms with Crippen LogP contribution in [-0.4, -0.2) is 32.6 Å². The number of carbonyl (C=O) groups is 2. The summed E-state index contributed by atoms with van der Waals surface area (Å²) < 4.78 is 1.67. The first-order valence-corrected chi connectivity index (χ1v) is 10.0. The smallest absolute Gasteiger partial charge is 0.291 e. The predicted molar refractivity (Wildman–Crippen MR) is 115 cm³/mol. The predicted octanol–water partition coefficient (Wildman–Crippen LogP) is 2.80. The maximum absolute atomic E-state index is 12.8. The number of carbonyl (C=O) groups excluding carboxylic acids is 2. The molecule has 156 valence electrons. The molecule has 0 radical (unpaired) electrons. The van der Waals surface area contributed by atoms with E-state index < -0.39 is 17.9 Å². The topological polar surface area (TPSA) is 103 Å². The first kappa shape index (κ1) is 21.2. The Bertz CT molecular complexity index is 1010. The normalized spacial score (nSPS) is 12.0. The number of rotatable bonds is 8. The van der Waals surface area contributed by atoms with Crippen molar-refractivity contribution in [2.45, 2.75) is 39.7 Å². The van der Waals surface area contributed by atoms with Crippen molar-refractivity contribution >= 4 is 11.8 Å². The molecule has 0 bridgehead atoms. The molecule has 3 aromatic rings. The molecule has 0 fully saturated rings. The molecular weight excluding hydrogens is 378 g/mol. The van der Waals surface area contributed by atoms with Crippen LogP contribution in [0.1, 0.15) is 47.8 Å². The molecule has 30 heavy (non-hydrogen) atoms. The van der Waals surface area contributed by atoms with Crippen LogP contribution in [0.15, 0.2) is 54.6 Å². The van der Waals surface area contributed by atoms with Crippen molar-refractivity contribution in [3.05, 3.63) is 77.4 Å². The van der Waals surface area contributed by atoms with Gasteiger partial charge in [0.25, 0.3) is 5.91 Å². The fraction of sp³-hybridized carbons (Fsp3) is 0.304. The van der Waals surface area contributed by atoms with Gasteiger partial charge in [0.2, 0.25) is 11.7 Å². The highest BCUT2D eigenvalue weighted by Crippen LogP contribution is 2.15. The van der Waals surface area contributed by atoms with Gasteiger partial charge >= 0.3 is 0 Å². The first-order valence-electron chi connectivity index (χ1n) is 10.0. The van der Waals surface area contributed by atoms with Crippen LogP contribution >= 0.6 is 0 Å². The fourth-order valence-corrected chi connectivity index (χ4v) is 3.17. The molecule has 1 aromatic heterocycles. The Kier molecular flexibility index (Phi) is 6.61. The fourth-order valence-electron chi connectivity index (χ4n) is 3.17. The van der Waals surface area contributed by atoms with E-state index in [4.69, 9.17) is 5.73 Å². The second-order valence-corrected chi connectivity index (χ2v) is 7.82. The second-order valence-electron chi connectivity index (χ2n) is 7.82. The van der Waals surface area contributed by atoms with Crippen LogP contribution in [0.4, 0.5) is 0 Å². The van der Waals surface area contributed by atoms with E-state index in [1.54, 1.807) is 4.68 Å². The number of benzene rings is 2. The number of nitrogens with two attached hydrogens (primary N) is 1. The minimum absolute atomic E-state index is 0.0107. The zero-order valence-electron chi connectivity index (χ0n) is 17.5. The number of hydrogen-bond acceptors (Lipinski definition) is 4. The van der Waals surface area contributed by atoms with Crippen molar-refractivity contribution in [2.24, 2.45) is 11.7 Å². The van der Waals surface area contributed by atoms with Gasteiger partial charge in [-0.2, -0.15) is 0 Å². The quantitative estimate of drug-likeness (QED) is 0.601. The summed E-state index contributed by atoms with van der Waals surface area (Å²) in [7, 11) is 0. The molecular formula is C23H27N5O2. The van der Waals surface area contributed by atoms with Crippen molar-refractivity contribution in [3.8, 4) is 5.69 Å². The van der Waals surface area contributed by atoms with Gasteiger partial charge in [-0.15, -0.1) is 5.10 Å². The van der Waals surface area contributed by atoms with Crippen LogP contribution in [-0.2, 0) is 11.2 Å². The molecule has 7 nitrogen and oxygen atoms in total. The Morgan fingerprint density at radius 3 is 2.33 bits per heavy atom. The standard InChI is InChI=1S/C23H27N5O2/c1-15(2)13-19(21(24)29)25-23(30)22-26-20(14-17-7-5-4-6-8-17)28(27-22)18-11-9-16(3)10-12-18/h4-12,15,19H,13-14H2,1-3H3,(H2,24,29)(H,25,30). The van der Waals surface area contributed by atoms with Gasteiger partial charge in [-0.1, -0.05) is 61.9 Å². The molecule has 1 atom stereocenters. The first-order chi connectivity index (χ1) is 14.3. The van der Waals surface area contributed by atoms with Gasteiger partial charge in [0.1, 0.15) is 11.9 Å². The largest absolute Gasteiger partial charge is 0.368 e. The molecule has 0 spiro atoms. The van der Waals surface area contributed by atoms with Crippen LogP contribution < -0.4 is 11.1 Å². The van der Waals surface area contributed by atoms with Gasteiger partial charge in [0, 0.05) is 6.42 Å². The average Bonchev–Trinajstić information content (AvgIpc) is 3.12. The van der Waals surface area contributed by atoms with E-state index in [1.165, 1.54) is 0 Å². The Labute approximate surface area is 176 Å². The van der Waals surface area contributed by atoms with Crippen LogP contribution in [0.25, 0.3) is 5.69 Å². The minimum Gasteiger partial charge on any atom is -0.368 e. The number of aromatic nitrogens is 3. The number of aryl methyl sites for hydroxylation is 1. The molecule has 1 unspecified atom stereocenters. The van der Waals surface area contributed by atoms with Gasteiger partial charge < -0.3 is 11.1 Å². The summed E-state index contributed by atoms with van der Waals surface area (Å²) in [4.78, 5) is 29.0. The van der Waals surface area contributed by atoms with Crippen molar-refractivity contribution in [2.75, 3.05) is 0 Å². The SMILES string of the molecule is Cc1ccc(-n2nc(C(=O)NC(CC(C)C)C(N)=O)nc2Cc2ccccc2)cc1. The molecule has 2 aromatic carbocycles. The number of nitrogens with one attached hydrogen (secondary N) is 1. The summed E-state index contributed by atoms with van der Waals surface area (Å²) in [5, 5.41) is 7.12. The summed E-state index contributed by atoms with van der Waals surface area (Å²) in [5.74, 6) is -0.236. The van der Waals surface area contributed by atoms with Crippen LogP contribution in [0.5, 0.6) is 0 Å². The molecule has 0 aliphatic heterocycles. The Morgan fingerprint density at radius 2 is 1.73 bits per heavy atom.